The molecule has 0 radical (unpaired) electrons. The van der Waals surface area contributed by atoms with Crippen molar-refractivity contribution in [3.63, 3.8) is 0 Å². The van der Waals surface area contributed by atoms with Gasteiger partial charge in [0.1, 0.15) is 5.82 Å². The number of anilines is 3. The van der Waals surface area contributed by atoms with Crippen molar-refractivity contribution in [1.29, 1.82) is 0 Å². The molecule has 0 saturated carbocycles. The lowest BCUT2D eigenvalue weighted by molar-refractivity contribution is 0.628. The highest BCUT2D eigenvalue weighted by atomic mass is 19.1. The molecule has 0 atom stereocenters. The Bertz CT molecular complexity index is 535. The SMILES string of the molecule is CCN(c1ccc(F)cc1)c1cccc(N)c1C. The van der Waals surface area contributed by atoms with E-state index in [1.165, 1.54) is 12.1 Å². The van der Waals surface area contributed by atoms with Gasteiger partial charge in [0.2, 0.25) is 0 Å². The van der Waals surface area contributed by atoms with E-state index in [0.717, 1.165) is 29.2 Å². The van der Waals surface area contributed by atoms with Crippen LogP contribution in [-0.2, 0) is 0 Å². The largest absolute Gasteiger partial charge is 0.398 e. The Kier molecular flexibility index (Phi) is 3.51. The average molecular weight is 244 g/mol. The molecule has 0 aliphatic rings. The van der Waals surface area contributed by atoms with Crippen molar-refractivity contribution in [3.8, 4) is 0 Å². The van der Waals surface area contributed by atoms with Gasteiger partial charge in [-0.05, 0) is 55.8 Å². The Morgan fingerprint density at radius 1 is 1.11 bits per heavy atom. The van der Waals surface area contributed by atoms with E-state index in [1.807, 2.05) is 25.1 Å². The predicted molar refractivity (Wildman–Crippen MR) is 74.7 cm³/mol. The van der Waals surface area contributed by atoms with Crippen LogP contribution in [0.5, 0.6) is 0 Å². The third-order valence-corrected chi connectivity index (χ3v) is 3.09. The van der Waals surface area contributed by atoms with Crippen molar-refractivity contribution < 1.29 is 4.39 Å². The molecule has 0 spiro atoms. The maximum Gasteiger partial charge on any atom is 0.123 e. The number of halogens is 1. The lowest BCUT2D eigenvalue weighted by Gasteiger charge is -2.25. The van der Waals surface area contributed by atoms with Crippen molar-refractivity contribution in [2.75, 3.05) is 17.2 Å². The summed E-state index contributed by atoms with van der Waals surface area (Å²) < 4.78 is 13.0. The third-order valence-electron chi connectivity index (χ3n) is 3.09. The molecule has 94 valence electrons. The minimum absolute atomic E-state index is 0.223. The zero-order valence-electron chi connectivity index (χ0n) is 10.7. The molecule has 0 fully saturated rings. The van der Waals surface area contributed by atoms with Crippen molar-refractivity contribution in [2.45, 2.75) is 13.8 Å². The molecule has 2 aromatic carbocycles. The Labute approximate surface area is 107 Å². The molecule has 0 aliphatic heterocycles. The first-order valence-corrected chi connectivity index (χ1v) is 6.01. The number of nitrogens with two attached hydrogens (primary N) is 1. The number of rotatable bonds is 3. The van der Waals surface area contributed by atoms with E-state index >= 15 is 0 Å². The van der Waals surface area contributed by atoms with E-state index in [1.54, 1.807) is 12.1 Å². The van der Waals surface area contributed by atoms with Crippen molar-refractivity contribution in [3.05, 3.63) is 53.8 Å². The van der Waals surface area contributed by atoms with Gasteiger partial charge in [-0.25, -0.2) is 4.39 Å². The highest BCUT2D eigenvalue weighted by Crippen LogP contribution is 2.30. The molecule has 0 saturated heterocycles. The van der Waals surface area contributed by atoms with Gasteiger partial charge in [-0.2, -0.15) is 0 Å². The number of hydrogen-bond donors (Lipinski definition) is 1. The van der Waals surface area contributed by atoms with Crippen LogP contribution in [0.1, 0.15) is 12.5 Å². The number of benzene rings is 2. The number of hydrogen-bond acceptors (Lipinski definition) is 2. The summed E-state index contributed by atoms with van der Waals surface area (Å²) in [6.07, 6.45) is 0. The van der Waals surface area contributed by atoms with E-state index in [9.17, 15) is 4.39 Å². The molecule has 2 aromatic rings. The molecule has 3 heteroatoms. The van der Waals surface area contributed by atoms with Gasteiger partial charge in [0.15, 0.2) is 0 Å². The van der Waals surface area contributed by atoms with E-state index in [4.69, 9.17) is 5.73 Å². The molecule has 2 N–H and O–H groups in total. The number of nitrogens with zero attached hydrogens (tertiary/aromatic N) is 1. The van der Waals surface area contributed by atoms with Crippen molar-refractivity contribution >= 4 is 17.1 Å². The summed E-state index contributed by atoms with van der Waals surface area (Å²) in [6.45, 7) is 4.86. The molecule has 0 aromatic heterocycles. The fraction of sp³-hybridized carbons (Fsp3) is 0.200. The second-order valence-corrected chi connectivity index (χ2v) is 4.21. The van der Waals surface area contributed by atoms with Gasteiger partial charge in [-0.1, -0.05) is 6.07 Å². The van der Waals surface area contributed by atoms with Crippen LogP contribution in [0.3, 0.4) is 0 Å². The maximum atomic E-state index is 13.0. The Hall–Kier alpha value is -2.03. The van der Waals surface area contributed by atoms with Crippen LogP contribution in [0.15, 0.2) is 42.5 Å². The van der Waals surface area contributed by atoms with E-state index in [2.05, 4.69) is 11.8 Å². The van der Waals surface area contributed by atoms with Gasteiger partial charge in [0.25, 0.3) is 0 Å². The van der Waals surface area contributed by atoms with Crippen LogP contribution in [0, 0.1) is 12.7 Å². The normalized spacial score (nSPS) is 10.4. The first-order chi connectivity index (χ1) is 8.63. The summed E-state index contributed by atoms with van der Waals surface area (Å²) in [7, 11) is 0. The highest BCUT2D eigenvalue weighted by molar-refractivity contribution is 5.71. The van der Waals surface area contributed by atoms with Crippen LogP contribution < -0.4 is 10.6 Å². The Morgan fingerprint density at radius 3 is 2.39 bits per heavy atom. The average Bonchev–Trinajstić information content (AvgIpc) is 2.37. The van der Waals surface area contributed by atoms with E-state index in [0.29, 0.717) is 0 Å². The molecule has 0 heterocycles. The molecular weight excluding hydrogens is 227 g/mol. The molecule has 0 unspecified atom stereocenters. The predicted octanol–water partition coefficient (Wildman–Crippen LogP) is 3.87. The van der Waals surface area contributed by atoms with Crippen LogP contribution >= 0.6 is 0 Å². The molecule has 18 heavy (non-hydrogen) atoms. The van der Waals surface area contributed by atoms with Crippen LogP contribution in [0.25, 0.3) is 0 Å². The molecule has 2 rings (SSSR count). The second kappa shape index (κ2) is 5.08. The molecule has 0 aliphatic carbocycles. The minimum Gasteiger partial charge on any atom is -0.398 e. The van der Waals surface area contributed by atoms with Gasteiger partial charge in [-0.3, -0.25) is 0 Å². The summed E-state index contributed by atoms with van der Waals surface area (Å²) in [5.41, 5.74) is 9.77. The first kappa shape index (κ1) is 12.4. The fourth-order valence-electron chi connectivity index (χ4n) is 2.05. The highest BCUT2D eigenvalue weighted by Gasteiger charge is 2.11. The monoisotopic (exact) mass is 244 g/mol. The smallest absolute Gasteiger partial charge is 0.123 e. The lowest BCUT2D eigenvalue weighted by atomic mass is 10.1. The zero-order valence-corrected chi connectivity index (χ0v) is 10.7. The van der Waals surface area contributed by atoms with E-state index in [-0.39, 0.29) is 5.82 Å². The van der Waals surface area contributed by atoms with Gasteiger partial charge in [0.05, 0.1) is 0 Å². The summed E-state index contributed by atoms with van der Waals surface area (Å²) in [5, 5.41) is 0. The Balaban J connectivity index is 2.45. The second-order valence-electron chi connectivity index (χ2n) is 4.21. The number of nitrogen functional groups attached to an aromatic ring is 1. The standard InChI is InChI=1S/C15H17FN2/c1-3-18(13-9-7-12(16)8-10-13)15-6-4-5-14(17)11(15)2/h4-10H,3,17H2,1-2H3. The van der Waals surface area contributed by atoms with Crippen LogP contribution in [-0.4, -0.2) is 6.54 Å². The molecule has 0 amide bonds. The van der Waals surface area contributed by atoms with E-state index < -0.39 is 0 Å². The third kappa shape index (κ3) is 2.30. The zero-order chi connectivity index (χ0) is 13.1. The maximum absolute atomic E-state index is 13.0. The molecular formula is C15H17FN2. The Morgan fingerprint density at radius 2 is 1.78 bits per heavy atom. The lowest BCUT2D eigenvalue weighted by Crippen LogP contribution is -2.17. The summed E-state index contributed by atoms with van der Waals surface area (Å²) in [4.78, 5) is 2.12. The van der Waals surface area contributed by atoms with Crippen LogP contribution in [0.4, 0.5) is 21.5 Å². The van der Waals surface area contributed by atoms with Gasteiger partial charge >= 0.3 is 0 Å². The van der Waals surface area contributed by atoms with Crippen LogP contribution in [0.2, 0.25) is 0 Å². The molecule has 2 nitrogen and oxygen atoms in total. The quantitative estimate of drug-likeness (QED) is 0.830. The summed E-state index contributed by atoms with van der Waals surface area (Å²) in [6, 6.07) is 12.3. The van der Waals surface area contributed by atoms with Crippen molar-refractivity contribution in [1.82, 2.24) is 0 Å². The summed E-state index contributed by atoms with van der Waals surface area (Å²) >= 11 is 0. The first-order valence-electron chi connectivity index (χ1n) is 6.01. The van der Waals surface area contributed by atoms with Gasteiger partial charge < -0.3 is 10.6 Å². The van der Waals surface area contributed by atoms with Gasteiger partial charge in [0, 0.05) is 23.6 Å². The van der Waals surface area contributed by atoms with Crippen molar-refractivity contribution in [2.24, 2.45) is 0 Å². The topological polar surface area (TPSA) is 29.3 Å². The summed E-state index contributed by atoms with van der Waals surface area (Å²) in [5.74, 6) is -0.223. The molecule has 0 bridgehead atoms. The fourth-order valence-corrected chi connectivity index (χ4v) is 2.05. The van der Waals surface area contributed by atoms with Gasteiger partial charge in [-0.15, -0.1) is 0 Å². The minimum atomic E-state index is -0.223.